The van der Waals surface area contributed by atoms with Crippen LogP contribution in [-0.4, -0.2) is 55.3 Å². The summed E-state index contributed by atoms with van der Waals surface area (Å²) >= 11 is 0. The first-order valence-corrected chi connectivity index (χ1v) is 9.60. The minimum Gasteiger partial charge on any atom is -0.472 e. The fourth-order valence-corrected chi connectivity index (χ4v) is 2.69. The van der Waals surface area contributed by atoms with Crippen LogP contribution in [0.15, 0.2) is 46.7 Å². The number of ether oxygens (including phenoxy) is 1. The Bertz CT molecular complexity index is 774. The molecule has 1 aromatic rings. The summed E-state index contributed by atoms with van der Waals surface area (Å²) in [5, 5.41) is 0. The number of rotatable bonds is 13. The summed E-state index contributed by atoms with van der Waals surface area (Å²) in [5.41, 5.74) is 1.48. The highest BCUT2D eigenvalue weighted by atomic mass is 19.3. The molecule has 30 heavy (non-hydrogen) atoms. The van der Waals surface area contributed by atoms with Gasteiger partial charge in [-0.2, -0.15) is 0 Å². The lowest BCUT2D eigenvalue weighted by Crippen LogP contribution is -2.28. The zero-order valence-electron chi connectivity index (χ0n) is 17.8. The molecule has 1 aromatic heterocycles. The van der Waals surface area contributed by atoms with E-state index in [0.29, 0.717) is 18.3 Å². The van der Waals surface area contributed by atoms with Crippen LogP contribution in [0.1, 0.15) is 38.8 Å². The normalized spacial score (nSPS) is 13.6. The molecule has 0 fully saturated rings. The number of Topliss-reactive ketones (excluding diaryl/α,β-unsaturated/α-hetero) is 1. The molecule has 1 unspecified atom stereocenters. The summed E-state index contributed by atoms with van der Waals surface area (Å²) < 4.78 is 29.4. The number of alkyl halides is 2. The molecule has 0 aliphatic carbocycles. The average Bonchev–Trinajstić information content (AvgIpc) is 2.70. The van der Waals surface area contributed by atoms with Crippen LogP contribution in [0.3, 0.4) is 0 Å². The Hall–Kier alpha value is -2.74. The van der Waals surface area contributed by atoms with E-state index in [2.05, 4.69) is 16.7 Å². The van der Waals surface area contributed by atoms with E-state index in [-0.39, 0.29) is 35.7 Å². The molecule has 1 heterocycles. The number of aliphatic imine (C=N–C) groups is 1. The van der Waals surface area contributed by atoms with Crippen LogP contribution in [0.25, 0.3) is 0 Å². The predicted molar refractivity (Wildman–Crippen MR) is 113 cm³/mol. The van der Waals surface area contributed by atoms with Gasteiger partial charge in [0.2, 0.25) is 5.88 Å². The van der Waals surface area contributed by atoms with Crippen LogP contribution in [-0.2, 0) is 9.59 Å². The van der Waals surface area contributed by atoms with E-state index < -0.39 is 13.0 Å². The third-order valence-electron chi connectivity index (χ3n) is 4.43. The number of carbonyl (C=O) groups excluding carboxylic acids is 2. The van der Waals surface area contributed by atoms with Gasteiger partial charge in [0, 0.05) is 48.6 Å². The molecule has 0 aliphatic heterocycles. The zero-order chi connectivity index (χ0) is 22.7. The Morgan fingerprint density at radius 3 is 2.53 bits per heavy atom. The number of ketones is 1. The molecule has 0 bridgehead atoms. The van der Waals surface area contributed by atoms with Crippen LogP contribution in [0, 0.1) is 5.92 Å². The number of nitrogens with zero attached hydrogens (tertiary/aromatic N) is 3. The zero-order valence-corrected chi connectivity index (χ0v) is 17.8. The number of allylic oxidation sites excluding steroid dienone is 2. The molecule has 0 amide bonds. The highest BCUT2D eigenvalue weighted by Gasteiger charge is 2.21. The SMILES string of the molecule is C=N/C=C\C(C=O)=C(\CN(C)C(C)c1ccc(OCC(F)F)nc1)C(=O)CC(C)C. The standard InChI is InChI=1S/C22H29F2N3O3/c1-15(2)10-20(29)19(18(13-28)8-9-25-4)12-27(5)16(3)17-6-7-22(26-11-17)30-14-21(23)24/h6-9,11,13,15-16,21H,4,10,12,14H2,1-3,5H3/b9-8-,19-18+. The van der Waals surface area contributed by atoms with Crippen molar-refractivity contribution in [3.8, 4) is 5.88 Å². The number of aromatic nitrogens is 1. The second-order valence-corrected chi connectivity index (χ2v) is 7.29. The lowest BCUT2D eigenvalue weighted by atomic mass is 9.96. The summed E-state index contributed by atoms with van der Waals surface area (Å²) in [6.45, 7) is 8.67. The third-order valence-corrected chi connectivity index (χ3v) is 4.43. The number of hydrogen-bond acceptors (Lipinski definition) is 6. The molecule has 6 nitrogen and oxygen atoms in total. The maximum Gasteiger partial charge on any atom is 0.272 e. The van der Waals surface area contributed by atoms with Gasteiger partial charge in [0.1, 0.15) is 0 Å². The topological polar surface area (TPSA) is 71.9 Å². The van der Waals surface area contributed by atoms with E-state index >= 15 is 0 Å². The molecule has 8 heteroatoms. The maximum atomic E-state index is 12.8. The summed E-state index contributed by atoms with van der Waals surface area (Å²) in [6, 6.07) is 3.10. The van der Waals surface area contributed by atoms with Crippen molar-refractivity contribution in [2.24, 2.45) is 10.9 Å². The van der Waals surface area contributed by atoms with E-state index in [0.717, 1.165) is 5.56 Å². The Morgan fingerprint density at radius 2 is 2.03 bits per heavy atom. The minimum atomic E-state index is -2.57. The quantitative estimate of drug-likeness (QED) is 0.208. The van der Waals surface area contributed by atoms with Gasteiger partial charge < -0.3 is 4.74 Å². The monoisotopic (exact) mass is 421 g/mol. The highest BCUT2D eigenvalue weighted by molar-refractivity contribution is 6.02. The van der Waals surface area contributed by atoms with Gasteiger partial charge in [-0.15, -0.1) is 0 Å². The Kier molecular flexibility index (Phi) is 10.7. The van der Waals surface area contributed by atoms with Crippen molar-refractivity contribution in [2.45, 2.75) is 39.7 Å². The second kappa shape index (κ2) is 12.7. The highest BCUT2D eigenvalue weighted by Crippen LogP contribution is 2.23. The average molecular weight is 421 g/mol. The molecule has 0 aromatic carbocycles. The van der Waals surface area contributed by atoms with Crippen molar-refractivity contribution in [3.63, 3.8) is 0 Å². The molecular formula is C22H29F2N3O3. The molecule has 0 saturated carbocycles. The van der Waals surface area contributed by atoms with Gasteiger partial charge in [0.15, 0.2) is 18.7 Å². The molecule has 0 spiro atoms. The number of halogens is 2. The molecule has 0 aliphatic rings. The van der Waals surface area contributed by atoms with E-state index in [4.69, 9.17) is 4.74 Å². The fourth-order valence-electron chi connectivity index (χ4n) is 2.69. The molecule has 0 N–H and O–H groups in total. The molecule has 1 rings (SSSR count). The third kappa shape index (κ3) is 8.32. The van der Waals surface area contributed by atoms with Gasteiger partial charge in [0.25, 0.3) is 6.43 Å². The van der Waals surface area contributed by atoms with Gasteiger partial charge in [-0.05, 0) is 38.2 Å². The lowest BCUT2D eigenvalue weighted by molar-refractivity contribution is -0.117. The predicted octanol–water partition coefficient (Wildman–Crippen LogP) is 4.04. The first kappa shape index (κ1) is 25.3. The van der Waals surface area contributed by atoms with Crippen LogP contribution in [0.4, 0.5) is 8.78 Å². The van der Waals surface area contributed by atoms with Crippen molar-refractivity contribution in [2.75, 3.05) is 20.2 Å². The Balaban J connectivity index is 3.04. The van der Waals surface area contributed by atoms with Crippen molar-refractivity contribution >= 4 is 18.8 Å². The number of pyridine rings is 1. The van der Waals surface area contributed by atoms with Gasteiger partial charge in [0.05, 0.1) is 0 Å². The van der Waals surface area contributed by atoms with E-state index in [9.17, 15) is 18.4 Å². The summed E-state index contributed by atoms with van der Waals surface area (Å²) in [6.07, 6.45) is 2.79. The Labute approximate surface area is 176 Å². The van der Waals surface area contributed by atoms with Crippen LogP contribution in [0.2, 0.25) is 0 Å². The molecule has 1 atom stereocenters. The van der Waals surface area contributed by atoms with Crippen molar-refractivity contribution in [1.82, 2.24) is 9.88 Å². The van der Waals surface area contributed by atoms with Crippen molar-refractivity contribution in [3.05, 3.63) is 47.3 Å². The molecule has 0 radical (unpaired) electrons. The van der Waals surface area contributed by atoms with Crippen LogP contribution in [0.5, 0.6) is 5.88 Å². The number of carbonyl (C=O) groups is 2. The number of hydrogen-bond donors (Lipinski definition) is 0. The van der Waals surface area contributed by atoms with Crippen molar-refractivity contribution < 1.29 is 23.1 Å². The second-order valence-electron chi connectivity index (χ2n) is 7.29. The van der Waals surface area contributed by atoms with Gasteiger partial charge in [-0.25, -0.2) is 13.8 Å². The molecule has 164 valence electrons. The largest absolute Gasteiger partial charge is 0.472 e. The summed E-state index contributed by atoms with van der Waals surface area (Å²) in [7, 11) is 1.83. The fraction of sp³-hybridized carbons (Fsp3) is 0.455. The van der Waals surface area contributed by atoms with E-state index in [1.54, 1.807) is 12.3 Å². The molecule has 0 saturated heterocycles. The van der Waals surface area contributed by atoms with Crippen LogP contribution >= 0.6 is 0 Å². The Morgan fingerprint density at radius 1 is 1.33 bits per heavy atom. The van der Waals surface area contributed by atoms with E-state index in [1.165, 1.54) is 18.3 Å². The van der Waals surface area contributed by atoms with Gasteiger partial charge in [-0.3, -0.25) is 19.5 Å². The number of likely N-dealkylation sites (N-methyl/N-ethyl adjacent to an activating group) is 1. The van der Waals surface area contributed by atoms with Gasteiger partial charge in [-0.1, -0.05) is 19.9 Å². The first-order valence-electron chi connectivity index (χ1n) is 9.60. The minimum absolute atomic E-state index is 0.103. The van der Waals surface area contributed by atoms with E-state index in [1.807, 2.05) is 32.7 Å². The first-order chi connectivity index (χ1) is 14.2. The maximum absolute atomic E-state index is 12.8. The number of aldehydes is 1. The lowest BCUT2D eigenvalue weighted by Gasteiger charge is -2.26. The molecular weight excluding hydrogens is 392 g/mol. The summed E-state index contributed by atoms with van der Waals surface area (Å²) in [4.78, 5) is 33.9. The van der Waals surface area contributed by atoms with Gasteiger partial charge >= 0.3 is 0 Å². The smallest absolute Gasteiger partial charge is 0.272 e. The van der Waals surface area contributed by atoms with Crippen LogP contribution < -0.4 is 4.74 Å². The summed E-state index contributed by atoms with van der Waals surface area (Å²) in [5.74, 6) is 0.162. The van der Waals surface area contributed by atoms with Crippen molar-refractivity contribution in [1.29, 1.82) is 0 Å².